The number of carbonyl (C=O) groups excluding carboxylic acids is 1. The molecule has 0 aliphatic rings. The first kappa shape index (κ1) is 16.0. The molecule has 0 unspecified atom stereocenters. The predicted molar refractivity (Wildman–Crippen MR) is 83.3 cm³/mol. The second-order valence-electron chi connectivity index (χ2n) is 4.77. The van der Waals surface area contributed by atoms with Crippen LogP contribution < -0.4 is 5.73 Å². The Morgan fingerprint density at radius 2 is 2.00 bits per heavy atom. The highest BCUT2D eigenvalue weighted by molar-refractivity contribution is 9.10. The fraction of sp³-hybridized carbons (Fsp3) is 0.500. The molecule has 0 radical (unpaired) electrons. The van der Waals surface area contributed by atoms with Gasteiger partial charge in [0.2, 0.25) is 0 Å². The topological polar surface area (TPSA) is 49.6 Å². The van der Waals surface area contributed by atoms with Crippen molar-refractivity contribution in [1.82, 2.24) is 9.80 Å². The van der Waals surface area contributed by atoms with E-state index in [0.717, 1.165) is 24.0 Å². The smallest absolute Gasteiger partial charge is 0.255 e. The van der Waals surface area contributed by atoms with Crippen molar-refractivity contribution in [3.05, 3.63) is 28.2 Å². The molecule has 0 aliphatic carbocycles. The van der Waals surface area contributed by atoms with E-state index in [1.165, 1.54) is 0 Å². The van der Waals surface area contributed by atoms with Crippen molar-refractivity contribution in [1.29, 1.82) is 0 Å². The molecular formula is C14H22BrN3O. The summed E-state index contributed by atoms with van der Waals surface area (Å²) in [6.07, 6.45) is 0.961. The van der Waals surface area contributed by atoms with Crippen molar-refractivity contribution in [2.75, 3.05) is 39.5 Å². The van der Waals surface area contributed by atoms with E-state index < -0.39 is 0 Å². The van der Waals surface area contributed by atoms with Gasteiger partial charge < -0.3 is 15.5 Å². The molecular weight excluding hydrogens is 306 g/mol. The van der Waals surface area contributed by atoms with Crippen LogP contribution in [-0.4, -0.2) is 49.4 Å². The van der Waals surface area contributed by atoms with Crippen LogP contribution in [0.2, 0.25) is 0 Å². The van der Waals surface area contributed by atoms with E-state index in [9.17, 15) is 4.79 Å². The molecule has 1 rings (SSSR count). The zero-order valence-corrected chi connectivity index (χ0v) is 13.4. The first-order valence-corrected chi connectivity index (χ1v) is 7.24. The Hall–Kier alpha value is -1.07. The number of hydrogen-bond acceptors (Lipinski definition) is 3. The minimum Gasteiger partial charge on any atom is -0.398 e. The summed E-state index contributed by atoms with van der Waals surface area (Å²) in [6.45, 7) is 4.41. The van der Waals surface area contributed by atoms with Crippen molar-refractivity contribution in [3.8, 4) is 0 Å². The van der Waals surface area contributed by atoms with Gasteiger partial charge in [0.25, 0.3) is 5.91 Å². The Morgan fingerprint density at radius 1 is 1.32 bits per heavy atom. The summed E-state index contributed by atoms with van der Waals surface area (Å²) in [5.74, 6) is 0.00579. The maximum atomic E-state index is 12.4. The number of anilines is 1. The molecule has 0 atom stereocenters. The largest absolute Gasteiger partial charge is 0.398 e. The summed E-state index contributed by atoms with van der Waals surface area (Å²) in [6, 6.07) is 5.38. The number of halogens is 1. The van der Waals surface area contributed by atoms with E-state index in [-0.39, 0.29) is 5.91 Å². The van der Waals surface area contributed by atoms with Gasteiger partial charge in [0.05, 0.1) is 5.56 Å². The van der Waals surface area contributed by atoms with Gasteiger partial charge in [-0.05, 0) is 52.2 Å². The van der Waals surface area contributed by atoms with E-state index in [4.69, 9.17) is 5.73 Å². The first-order chi connectivity index (χ1) is 8.95. The molecule has 0 aliphatic heterocycles. The summed E-state index contributed by atoms with van der Waals surface area (Å²) >= 11 is 3.35. The van der Waals surface area contributed by atoms with Crippen LogP contribution in [0.3, 0.4) is 0 Å². The maximum absolute atomic E-state index is 12.4. The molecule has 19 heavy (non-hydrogen) atoms. The van der Waals surface area contributed by atoms with Crippen molar-refractivity contribution in [2.24, 2.45) is 0 Å². The number of benzene rings is 1. The molecule has 106 valence electrons. The van der Waals surface area contributed by atoms with Gasteiger partial charge in [-0.15, -0.1) is 0 Å². The summed E-state index contributed by atoms with van der Waals surface area (Å²) in [7, 11) is 4.07. The number of hydrogen-bond donors (Lipinski definition) is 1. The minimum atomic E-state index is 0.00579. The molecule has 5 heteroatoms. The van der Waals surface area contributed by atoms with Gasteiger partial charge in [-0.25, -0.2) is 0 Å². The van der Waals surface area contributed by atoms with Crippen molar-refractivity contribution in [2.45, 2.75) is 13.3 Å². The van der Waals surface area contributed by atoms with E-state index in [1.54, 1.807) is 12.1 Å². The standard InChI is InChI=1S/C14H22BrN3O/c1-4-18(9-5-8-17(2)3)14(19)12-7-6-11(15)10-13(12)16/h6-7,10H,4-5,8-9,16H2,1-3H3. The molecule has 0 heterocycles. The van der Waals surface area contributed by atoms with Gasteiger partial charge in [0.1, 0.15) is 0 Å². The second-order valence-corrected chi connectivity index (χ2v) is 5.69. The average molecular weight is 328 g/mol. The number of nitrogens with zero attached hydrogens (tertiary/aromatic N) is 2. The van der Waals surface area contributed by atoms with Crippen LogP contribution in [0.15, 0.2) is 22.7 Å². The molecule has 0 fully saturated rings. The van der Waals surface area contributed by atoms with Crippen LogP contribution in [0.4, 0.5) is 5.69 Å². The second kappa shape index (κ2) is 7.50. The molecule has 0 spiro atoms. The van der Waals surface area contributed by atoms with Crippen LogP contribution >= 0.6 is 15.9 Å². The van der Waals surface area contributed by atoms with Crippen LogP contribution in [-0.2, 0) is 0 Å². The van der Waals surface area contributed by atoms with Crippen LogP contribution in [0.25, 0.3) is 0 Å². The average Bonchev–Trinajstić information content (AvgIpc) is 2.33. The highest BCUT2D eigenvalue weighted by Crippen LogP contribution is 2.20. The zero-order chi connectivity index (χ0) is 14.4. The third kappa shape index (κ3) is 4.84. The zero-order valence-electron chi connectivity index (χ0n) is 11.8. The molecule has 2 N–H and O–H groups in total. The summed E-state index contributed by atoms with van der Waals surface area (Å²) < 4.78 is 0.886. The van der Waals surface area contributed by atoms with Gasteiger partial charge in [-0.3, -0.25) is 4.79 Å². The van der Waals surface area contributed by atoms with Gasteiger partial charge in [0, 0.05) is 23.2 Å². The third-order valence-corrected chi connectivity index (χ3v) is 3.44. The van der Waals surface area contributed by atoms with E-state index in [2.05, 4.69) is 20.8 Å². The van der Waals surface area contributed by atoms with Crippen LogP contribution in [0.1, 0.15) is 23.7 Å². The lowest BCUT2D eigenvalue weighted by Gasteiger charge is -2.22. The number of carbonyl (C=O) groups is 1. The van der Waals surface area contributed by atoms with E-state index in [0.29, 0.717) is 17.8 Å². The van der Waals surface area contributed by atoms with Crippen molar-refractivity contribution >= 4 is 27.5 Å². The lowest BCUT2D eigenvalue weighted by molar-refractivity contribution is 0.0760. The van der Waals surface area contributed by atoms with Gasteiger partial charge in [-0.1, -0.05) is 15.9 Å². The number of nitrogens with two attached hydrogens (primary N) is 1. The fourth-order valence-electron chi connectivity index (χ4n) is 1.88. The van der Waals surface area contributed by atoms with E-state index >= 15 is 0 Å². The molecule has 4 nitrogen and oxygen atoms in total. The molecule has 1 aromatic rings. The summed E-state index contributed by atoms with van der Waals surface area (Å²) in [5, 5.41) is 0. The molecule has 0 saturated heterocycles. The number of nitrogen functional groups attached to an aromatic ring is 1. The van der Waals surface area contributed by atoms with Crippen molar-refractivity contribution in [3.63, 3.8) is 0 Å². The monoisotopic (exact) mass is 327 g/mol. The van der Waals surface area contributed by atoms with Crippen molar-refractivity contribution < 1.29 is 4.79 Å². The Kier molecular flexibility index (Phi) is 6.31. The quantitative estimate of drug-likeness (QED) is 0.816. The van der Waals surface area contributed by atoms with Gasteiger partial charge in [0.15, 0.2) is 0 Å². The third-order valence-electron chi connectivity index (χ3n) is 2.95. The molecule has 1 aromatic carbocycles. The first-order valence-electron chi connectivity index (χ1n) is 6.44. The highest BCUT2D eigenvalue weighted by Gasteiger charge is 2.16. The molecule has 1 amide bonds. The van der Waals surface area contributed by atoms with Crippen LogP contribution in [0.5, 0.6) is 0 Å². The molecule has 0 aromatic heterocycles. The van der Waals surface area contributed by atoms with E-state index in [1.807, 2.05) is 32.0 Å². The number of amides is 1. The highest BCUT2D eigenvalue weighted by atomic mass is 79.9. The summed E-state index contributed by atoms with van der Waals surface area (Å²) in [4.78, 5) is 16.4. The van der Waals surface area contributed by atoms with Gasteiger partial charge >= 0.3 is 0 Å². The predicted octanol–water partition coefficient (Wildman–Crippen LogP) is 2.45. The fourth-order valence-corrected chi connectivity index (χ4v) is 2.26. The Labute approximate surface area is 123 Å². The number of rotatable bonds is 6. The molecule has 0 saturated carbocycles. The minimum absolute atomic E-state index is 0.00579. The van der Waals surface area contributed by atoms with Crippen LogP contribution in [0, 0.1) is 0 Å². The SMILES string of the molecule is CCN(CCCN(C)C)C(=O)c1ccc(Br)cc1N. The Morgan fingerprint density at radius 3 is 2.53 bits per heavy atom. The lowest BCUT2D eigenvalue weighted by atomic mass is 10.1. The Bertz CT molecular complexity index is 435. The molecule has 0 bridgehead atoms. The maximum Gasteiger partial charge on any atom is 0.255 e. The van der Waals surface area contributed by atoms with Gasteiger partial charge in [-0.2, -0.15) is 0 Å². The lowest BCUT2D eigenvalue weighted by Crippen LogP contribution is -2.33. The normalized spacial score (nSPS) is 10.8. The Balaban J connectivity index is 2.72. The summed E-state index contributed by atoms with van der Waals surface area (Å²) in [5.41, 5.74) is 7.00.